The molecule has 10 rings (SSSR count). The zero-order valence-corrected chi connectivity index (χ0v) is 25.1. The van der Waals surface area contributed by atoms with Gasteiger partial charge in [-0.15, -0.1) is 0 Å². The fourth-order valence-electron chi connectivity index (χ4n) is 7.84. The van der Waals surface area contributed by atoms with Crippen molar-refractivity contribution >= 4 is 65.2 Å². The van der Waals surface area contributed by atoms with Crippen LogP contribution in [0.4, 0.5) is 0 Å². The third-order valence-corrected chi connectivity index (χ3v) is 9.68. The first-order valence-electron chi connectivity index (χ1n) is 15.9. The predicted molar refractivity (Wildman–Crippen MR) is 196 cm³/mol. The van der Waals surface area contributed by atoms with Gasteiger partial charge in [-0.25, -0.2) is 0 Å². The summed E-state index contributed by atoms with van der Waals surface area (Å²) in [6, 6.07) is 61.9. The Labute approximate surface area is 266 Å². The zero-order valence-electron chi connectivity index (χ0n) is 25.1. The van der Waals surface area contributed by atoms with E-state index in [1.54, 1.807) is 0 Å². The first-order valence-corrected chi connectivity index (χ1v) is 15.9. The molecule has 2 nitrogen and oxygen atoms in total. The number of fused-ring (bicyclic) bond motifs is 11. The molecule has 0 N–H and O–H groups in total. The van der Waals surface area contributed by atoms with E-state index >= 15 is 0 Å². The van der Waals surface area contributed by atoms with E-state index in [-0.39, 0.29) is 0 Å². The first kappa shape index (κ1) is 25.2. The van der Waals surface area contributed by atoms with Crippen molar-refractivity contribution in [1.82, 2.24) is 9.13 Å². The number of para-hydroxylation sites is 4. The second kappa shape index (κ2) is 9.69. The number of hydrogen-bond acceptors (Lipinski definition) is 0. The van der Waals surface area contributed by atoms with Gasteiger partial charge >= 0.3 is 0 Å². The monoisotopic (exact) mass is 584 g/mol. The maximum absolute atomic E-state index is 2.54. The molecule has 0 saturated carbocycles. The van der Waals surface area contributed by atoms with Crippen LogP contribution in [0.5, 0.6) is 0 Å². The van der Waals surface area contributed by atoms with E-state index in [4.69, 9.17) is 0 Å². The molecule has 0 saturated heterocycles. The number of hydrogen-bond donors (Lipinski definition) is 0. The summed E-state index contributed by atoms with van der Waals surface area (Å²) in [6.45, 7) is 0. The van der Waals surface area contributed by atoms with Gasteiger partial charge < -0.3 is 9.13 Å². The number of benzene rings is 8. The van der Waals surface area contributed by atoms with E-state index < -0.39 is 0 Å². The van der Waals surface area contributed by atoms with Crippen molar-refractivity contribution in [2.45, 2.75) is 0 Å². The van der Waals surface area contributed by atoms with Crippen LogP contribution in [0.2, 0.25) is 0 Å². The summed E-state index contributed by atoms with van der Waals surface area (Å²) < 4.78 is 5.02. The molecule has 0 aliphatic rings. The molecule has 0 aliphatic heterocycles. The van der Waals surface area contributed by atoms with E-state index in [0.717, 1.165) is 5.69 Å². The van der Waals surface area contributed by atoms with Crippen molar-refractivity contribution < 1.29 is 0 Å². The lowest BCUT2D eigenvalue weighted by Crippen LogP contribution is -2.00. The first-order chi connectivity index (χ1) is 22.9. The molecule has 2 heterocycles. The fraction of sp³-hybridized carbons (Fsp3) is 0. The fourth-order valence-corrected chi connectivity index (χ4v) is 7.84. The van der Waals surface area contributed by atoms with Crippen LogP contribution in [-0.4, -0.2) is 9.13 Å². The van der Waals surface area contributed by atoms with Crippen LogP contribution < -0.4 is 0 Å². The second-order valence-corrected chi connectivity index (χ2v) is 12.1. The Balaban J connectivity index is 1.49. The maximum atomic E-state index is 2.54. The molecule has 0 spiro atoms. The van der Waals surface area contributed by atoms with Crippen molar-refractivity contribution in [3.05, 3.63) is 170 Å². The number of nitrogens with zero attached hydrogens (tertiary/aromatic N) is 2. The third kappa shape index (κ3) is 3.41. The summed E-state index contributed by atoms with van der Waals surface area (Å²) in [4.78, 5) is 0. The van der Waals surface area contributed by atoms with Crippen LogP contribution in [0.3, 0.4) is 0 Å². The average molecular weight is 585 g/mol. The molecule has 0 unspecified atom stereocenters. The maximum Gasteiger partial charge on any atom is 0.0795 e. The Morgan fingerprint density at radius 2 is 0.783 bits per heavy atom. The highest BCUT2D eigenvalue weighted by molar-refractivity contribution is 6.36. The Morgan fingerprint density at radius 1 is 0.304 bits per heavy atom. The smallest absolute Gasteiger partial charge is 0.0795 e. The molecule has 0 amide bonds. The summed E-state index contributed by atoms with van der Waals surface area (Å²) in [5.41, 5.74) is 9.64. The molecule has 214 valence electrons. The van der Waals surface area contributed by atoms with Gasteiger partial charge in [0.2, 0.25) is 0 Å². The molecule has 0 radical (unpaired) electrons. The lowest BCUT2D eigenvalue weighted by atomic mass is 9.96. The Kier molecular flexibility index (Phi) is 5.31. The quantitative estimate of drug-likeness (QED) is 0.195. The largest absolute Gasteiger partial charge is 0.307 e. The molecule has 0 aliphatic carbocycles. The van der Waals surface area contributed by atoms with E-state index in [1.807, 2.05) is 0 Å². The van der Waals surface area contributed by atoms with E-state index in [1.165, 1.54) is 82.0 Å². The minimum atomic E-state index is 1.16. The summed E-state index contributed by atoms with van der Waals surface area (Å²) in [5, 5.41) is 10.1. The highest BCUT2D eigenvalue weighted by atomic mass is 15.0. The molecule has 2 heteroatoms. The highest BCUT2D eigenvalue weighted by Crippen LogP contribution is 2.47. The summed E-state index contributed by atoms with van der Waals surface area (Å²) >= 11 is 0. The normalized spacial score (nSPS) is 11.9. The molecule has 0 atom stereocenters. The van der Waals surface area contributed by atoms with Gasteiger partial charge in [0.1, 0.15) is 0 Å². The lowest BCUT2D eigenvalue weighted by Gasteiger charge is -2.17. The molecule has 2 aromatic heterocycles. The van der Waals surface area contributed by atoms with Gasteiger partial charge in [-0.3, -0.25) is 0 Å². The summed E-state index contributed by atoms with van der Waals surface area (Å²) in [7, 11) is 0. The molecular formula is C44H28N2. The SMILES string of the molecule is c1ccc(-n2c3ccccc3c3c4ccccc4c4c5ccccc5n(-c5ccccc5-c5cccc6ccccc56)c4c32)cc1. The van der Waals surface area contributed by atoms with E-state index in [0.29, 0.717) is 0 Å². The average Bonchev–Trinajstić information content (AvgIpc) is 3.66. The molecule has 46 heavy (non-hydrogen) atoms. The van der Waals surface area contributed by atoms with Gasteiger partial charge in [0, 0.05) is 32.8 Å². The van der Waals surface area contributed by atoms with Gasteiger partial charge in [-0.2, -0.15) is 0 Å². The Hall–Kier alpha value is -6.12. The Morgan fingerprint density at radius 3 is 1.50 bits per heavy atom. The van der Waals surface area contributed by atoms with Gasteiger partial charge in [-0.1, -0.05) is 140 Å². The summed E-state index contributed by atoms with van der Waals surface area (Å²) in [5.74, 6) is 0. The lowest BCUT2D eigenvalue weighted by molar-refractivity contribution is 1.15. The van der Waals surface area contributed by atoms with Crippen LogP contribution in [0, 0.1) is 0 Å². The van der Waals surface area contributed by atoms with Crippen LogP contribution >= 0.6 is 0 Å². The molecule has 0 bridgehead atoms. The summed E-state index contributed by atoms with van der Waals surface area (Å²) in [6.07, 6.45) is 0. The van der Waals surface area contributed by atoms with Gasteiger partial charge in [-0.05, 0) is 57.4 Å². The highest BCUT2D eigenvalue weighted by Gasteiger charge is 2.25. The third-order valence-electron chi connectivity index (χ3n) is 9.68. The van der Waals surface area contributed by atoms with Gasteiger partial charge in [0.05, 0.1) is 27.8 Å². The van der Waals surface area contributed by atoms with Gasteiger partial charge in [0.25, 0.3) is 0 Å². The van der Waals surface area contributed by atoms with Crippen molar-refractivity contribution in [2.24, 2.45) is 0 Å². The second-order valence-electron chi connectivity index (χ2n) is 12.1. The molecule has 10 aromatic rings. The van der Waals surface area contributed by atoms with Crippen molar-refractivity contribution in [3.8, 4) is 22.5 Å². The van der Waals surface area contributed by atoms with Crippen molar-refractivity contribution in [2.75, 3.05) is 0 Å². The van der Waals surface area contributed by atoms with Crippen molar-refractivity contribution in [3.63, 3.8) is 0 Å². The standard InChI is InChI=1S/C44H28N2/c1-2-17-30(18-3-1)45-39-27-12-9-23-36(39)41-34-21-6-7-22-35(34)42-37-24-10-13-28-40(37)46(44(42)43(41)45)38-26-11-8-20-33(38)32-25-14-16-29-15-4-5-19-31(29)32/h1-28H. The molecule has 8 aromatic carbocycles. The number of aromatic nitrogens is 2. The minimum absolute atomic E-state index is 1.16. The van der Waals surface area contributed by atoms with Crippen molar-refractivity contribution in [1.29, 1.82) is 0 Å². The van der Waals surface area contributed by atoms with Crippen LogP contribution in [0.25, 0.3) is 87.7 Å². The van der Waals surface area contributed by atoms with E-state index in [9.17, 15) is 0 Å². The topological polar surface area (TPSA) is 9.86 Å². The van der Waals surface area contributed by atoms with Gasteiger partial charge in [0.15, 0.2) is 0 Å². The molecule has 0 fully saturated rings. The predicted octanol–water partition coefficient (Wildman–Crippen LogP) is 11.9. The minimum Gasteiger partial charge on any atom is -0.307 e. The van der Waals surface area contributed by atoms with Crippen LogP contribution in [-0.2, 0) is 0 Å². The van der Waals surface area contributed by atoms with Crippen LogP contribution in [0.1, 0.15) is 0 Å². The number of rotatable bonds is 3. The molecular weight excluding hydrogens is 556 g/mol. The van der Waals surface area contributed by atoms with E-state index in [2.05, 4.69) is 179 Å². The zero-order chi connectivity index (χ0) is 30.2. The Bertz CT molecular complexity index is 2790. The van der Waals surface area contributed by atoms with Crippen LogP contribution in [0.15, 0.2) is 170 Å².